The van der Waals surface area contributed by atoms with Crippen LogP contribution in [0.4, 0.5) is 0 Å². The van der Waals surface area contributed by atoms with E-state index in [9.17, 15) is 4.79 Å². The maximum absolute atomic E-state index is 10.9. The van der Waals surface area contributed by atoms with E-state index in [1.807, 2.05) is 0 Å². The molecule has 0 radical (unpaired) electrons. The number of hydrogen-bond acceptors (Lipinski definition) is 4. The van der Waals surface area contributed by atoms with E-state index in [0.717, 1.165) is 0 Å². The fraction of sp³-hybridized carbons (Fsp3) is 0.667. The van der Waals surface area contributed by atoms with E-state index in [1.54, 1.807) is 6.92 Å². The second kappa shape index (κ2) is 6.89. The predicted molar refractivity (Wildman–Crippen MR) is 50.9 cm³/mol. The first-order valence-electron chi connectivity index (χ1n) is 4.51. The summed E-state index contributed by atoms with van der Waals surface area (Å²) in [5, 5.41) is 17.4. The lowest BCUT2D eigenvalue weighted by Crippen LogP contribution is -2.03. The van der Waals surface area contributed by atoms with E-state index in [1.165, 1.54) is 6.92 Å². The molecule has 0 saturated carbocycles. The fourth-order valence-electron chi connectivity index (χ4n) is 0.937. The second-order valence-electron chi connectivity index (χ2n) is 2.79. The van der Waals surface area contributed by atoms with Gasteiger partial charge in [-0.1, -0.05) is 0 Å². The molecule has 0 spiro atoms. The van der Waals surface area contributed by atoms with Crippen LogP contribution in [0.3, 0.4) is 0 Å². The smallest absolute Gasteiger partial charge is 0.398 e. The van der Waals surface area contributed by atoms with Crippen LogP contribution < -0.4 is 0 Å². The van der Waals surface area contributed by atoms with Crippen molar-refractivity contribution in [1.29, 1.82) is 5.39 Å². The topological polar surface area (TPSA) is 74.7 Å². The molecule has 0 bridgehead atoms. The van der Waals surface area contributed by atoms with Crippen LogP contribution >= 0.6 is 0 Å². The van der Waals surface area contributed by atoms with E-state index in [-0.39, 0.29) is 23.8 Å². The molecule has 0 aliphatic heterocycles. The second-order valence-corrected chi connectivity index (χ2v) is 2.79. The maximum atomic E-state index is 10.9. The van der Waals surface area contributed by atoms with Crippen molar-refractivity contribution in [3.8, 4) is 0 Å². The van der Waals surface area contributed by atoms with Crippen LogP contribution in [0.5, 0.6) is 0 Å². The van der Waals surface area contributed by atoms with Crippen LogP contribution in [0.25, 0.3) is 4.98 Å². The molecule has 0 saturated heterocycles. The molecule has 0 aromatic carbocycles. The van der Waals surface area contributed by atoms with Crippen molar-refractivity contribution in [2.75, 3.05) is 6.61 Å². The first-order valence-corrected chi connectivity index (χ1v) is 4.51. The van der Waals surface area contributed by atoms with Crippen molar-refractivity contribution in [3.05, 3.63) is 16.4 Å². The zero-order valence-electron chi connectivity index (χ0n) is 8.49. The van der Waals surface area contributed by atoms with Crippen LogP contribution in [0.1, 0.15) is 33.1 Å². The monoisotopic (exact) mass is 199 g/mol. The van der Waals surface area contributed by atoms with Crippen molar-refractivity contribution in [3.63, 3.8) is 0 Å². The summed E-state index contributed by atoms with van der Waals surface area (Å²) in [7, 11) is 0. The lowest BCUT2D eigenvalue weighted by Gasteiger charge is -1.98. The summed E-state index contributed by atoms with van der Waals surface area (Å²) in [4.78, 5) is 13.8. The molecule has 0 unspecified atom stereocenters. The Morgan fingerprint density at radius 2 is 2.14 bits per heavy atom. The third-order valence-corrected chi connectivity index (χ3v) is 1.64. The van der Waals surface area contributed by atoms with Gasteiger partial charge in [0.2, 0.25) is 5.39 Å². The van der Waals surface area contributed by atoms with Gasteiger partial charge in [-0.15, -0.1) is 0 Å². The van der Waals surface area contributed by atoms with Gasteiger partial charge in [-0.3, -0.25) is 4.79 Å². The highest BCUT2D eigenvalue weighted by Crippen LogP contribution is 2.12. The van der Waals surface area contributed by atoms with E-state index in [4.69, 9.17) is 15.2 Å². The Labute approximate surface area is 83.0 Å². The van der Waals surface area contributed by atoms with Gasteiger partial charge in [-0.25, -0.2) is 0 Å². The Balaban J connectivity index is 3.80. The number of nitrogens with zero attached hydrogens (tertiary/aromatic N) is 2. The summed E-state index contributed by atoms with van der Waals surface area (Å²) < 4.78 is 4.71. The summed E-state index contributed by atoms with van der Waals surface area (Å²) in [5.41, 5.74) is 0.203. The number of esters is 1. The Morgan fingerprint density at radius 3 is 2.57 bits per heavy atom. The molecule has 0 aliphatic carbocycles. The standard InChI is InChI=1S/C9H14N2O3/c1-3-14-9(13)6-4-5-8(11-10)7(2)12/h3-6H2,1-2H3/p+1/b8-7+. The summed E-state index contributed by atoms with van der Waals surface area (Å²) >= 11 is 0. The third-order valence-electron chi connectivity index (χ3n) is 1.64. The molecule has 0 aliphatic rings. The van der Waals surface area contributed by atoms with E-state index < -0.39 is 0 Å². The number of ether oxygens (including phenoxy) is 1. The van der Waals surface area contributed by atoms with Crippen molar-refractivity contribution in [1.82, 2.24) is 0 Å². The summed E-state index contributed by atoms with van der Waals surface area (Å²) in [6, 6.07) is 0. The Bertz CT molecular complexity index is 262. The molecule has 78 valence electrons. The van der Waals surface area contributed by atoms with Crippen molar-refractivity contribution in [2.45, 2.75) is 33.1 Å². The quantitative estimate of drug-likeness (QED) is 0.419. The first-order chi connectivity index (χ1) is 6.61. The number of carbonyl (C=O) groups is 1. The Kier molecular flexibility index (Phi) is 6.12. The Hall–Kier alpha value is -1.57. The number of carbonyl (C=O) groups excluding carboxylic acids is 1. The lowest BCUT2D eigenvalue weighted by atomic mass is 10.2. The number of hydrogen-bond donors (Lipinski definition) is 1. The highest BCUT2D eigenvalue weighted by atomic mass is 16.5. The molecule has 5 nitrogen and oxygen atoms in total. The predicted octanol–water partition coefficient (Wildman–Crippen LogP) is 2.36. The van der Waals surface area contributed by atoms with Gasteiger partial charge in [-0.2, -0.15) is 0 Å². The van der Waals surface area contributed by atoms with Crippen LogP contribution in [0.2, 0.25) is 0 Å². The molecule has 0 atom stereocenters. The number of rotatable bonds is 5. The van der Waals surface area contributed by atoms with Gasteiger partial charge < -0.3 is 9.84 Å². The molecular formula is C9H15N2O3+. The minimum Gasteiger partial charge on any atom is -0.505 e. The maximum Gasteiger partial charge on any atom is 0.398 e. The van der Waals surface area contributed by atoms with Gasteiger partial charge in [0.05, 0.1) is 13.0 Å². The van der Waals surface area contributed by atoms with Gasteiger partial charge >= 0.3 is 11.7 Å². The average Bonchev–Trinajstić information content (AvgIpc) is 2.12. The van der Waals surface area contributed by atoms with Crippen LogP contribution in [-0.4, -0.2) is 17.7 Å². The first kappa shape index (κ1) is 12.4. The van der Waals surface area contributed by atoms with Gasteiger partial charge in [0.25, 0.3) is 0 Å². The molecule has 0 rings (SSSR count). The van der Waals surface area contributed by atoms with Crippen LogP contribution in [-0.2, 0) is 9.53 Å². The largest absolute Gasteiger partial charge is 0.505 e. The van der Waals surface area contributed by atoms with Gasteiger partial charge in [0.1, 0.15) is 0 Å². The molecular weight excluding hydrogens is 184 g/mol. The fourth-order valence-corrected chi connectivity index (χ4v) is 0.937. The lowest BCUT2D eigenvalue weighted by molar-refractivity contribution is -0.143. The van der Waals surface area contributed by atoms with Gasteiger partial charge in [0, 0.05) is 13.3 Å². The zero-order chi connectivity index (χ0) is 11.0. The number of diazo groups is 1. The minimum atomic E-state index is -0.277. The summed E-state index contributed by atoms with van der Waals surface area (Å²) in [5.74, 6) is -0.309. The van der Waals surface area contributed by atoms with Crippen LogP contribution in [0, 0.1) is 5.39 Å². The molecule has 1 N–H and O–H groups in total. The van der Waals surface area contributed by atoms with E-state index in [2.05, 4.69) is 4.98 Å². The average molecular weight is 199 g/mol. The molecule has 0 aromatic heterocycles. The summed E-state index contributed by atoms with van der Waals surface area (Å²) in [6.07, 6.45) is 1.12. The normalized spacial score (nSPS) is 11.5. The number of aliphatic hydroxyl groups excluding tert-OH is 1. The van der Waals surface area contributed by atoms with Crippen molar-refractivity contribution >= 4 is 5.97 Å². The van der Waals surface area contributed by atoms with Gasteiger partial charge in [0.15, 0.2) is 10.7 Å². The number of aliphatic hydroxyl groups is 1. The van der Waals surface area contributed by atoms with Crippen LogP contribution in [0.15, 0.2) is 11.5 Å². The van der Waals surface area contributed by atoms with Crippen molar-refractivity contribution in [2.24, 2.45) is 0 Å². The van der Waals surface area contributed by atoms with E-state index >= 15 is 0 Å². The third kappa shape index (κ3) is 5.14. The highest BCUT2D eigenvalue weighted by molar-refractivity contribution is 5.69. The molecule has 0 amide bonds. The number of allylic oxidation sites excluding steroid dienone is 2. The minimum absolute atomic E-state index is 0.0311. The van der Waals surface area contributed by atoms with Gasteiger partial charge in [-0.05, 0) is 13.3 Å². The Morgan fingerprint density at radius 1 is 1.50 bits per heavy atom. The highest BCUT2D eigenvalue weighted by Gasteiger charge is 2.15. The van der Waals surface area contributed by atoms with E-state index in [0.29, 0.717) is 19.4 Å². The molecule has 0 heterocycles. The zero-order valence-corrected chi connectivity index (χ0v) is 8.49. The summed E-state index contributed by atoms with van der Waals surface area (Å²) in [6.45, 7) is 3.54. The molecule has 5 heteroatoms. The molecule has 0 fully saturated rings. The SMILES string of the molecule is CCOC(=O)CCC/C([N+]#N)=C(/C)O. The molecule has 0 aromatic rings. The molecule has 14 heavy (non-hydrogen) atoms. The van der Waals surface area contributed by atoms with Crippen molar-refractivity contribution < 1.29 is 14.6 Å².